The monoisotopic (exact) mass is 303 g/mol. The molecule has 0 radical (unpaired) electrons. The van der Waals surface area contributed by atoms with Gasteiger partial charge in [-0.2, -0.15) is 4.98 Å². The van der Waals surface area contributed by atoms with Gasteiger partial charge in [0, 0.05) is 6.07 Å². The molecule has 6 nitrogen and oxygen atoms in total. The third-order valence-electron chi connectivity index (χ3n) is 2.04. The van der Waals surface area contributed by atoms with Crippen LogP contribution in [0.1, 0.15) is 5.89 Å². The fourth-order valence-electron chi connectivity index (χ4n) is 1.25. The van der Waals surface area contributed by atoms with E-state index in [0.29, 0.717) is 0 Å². The second kappa shape index (κ2) is 4.30. The molecule has 0 spiro atoms. The van der Waals surface area contributed by atoms with Crippen LogP contribution < -0.4 is 5.73 Å². The molecule has 0 saturated heterocycles. The van der Waals surface area contributed by atoms with Crippen LogP contribution in [-0.4, -0.2) is 20.4 Å². The highest BCUT2D eigenvalue weighted by atomic mass is 79.9. The number of nitrogens with two attached hydrogens (primary N) is 1. The van der Waals surface area contributed by atoms with E-state index in [1.165, 1.54) is 0 Å². The van der Waals surface area contributed by atoms with Gasteiger partial charge >= 0.3 is 0 Å². The molecular weight excluding hydrogens is 297 g/mol. The summed E-state index contributed by atoms with van der Waals surface area (Å²) in [4.78, 5) is 3.83. The number of halogens is 2. The van der Waals surface area contributed by atoms with Gasteiger partial charge in [-0.1, -0.05) is 5.16 Å². The summed E-state index contributed by atoms with van der Waals surface area (Å²) in [5.74, 6) is -1.84. The molecule has 0 saturated carbocycles. The Balaban J connectivity index is 2.65. The molecule has 2 aromatic rings. The van der Waals surface area contributed by atoms with Crippen molar-refractivity contribution in [2.75, 3.05) is 0 Å². The highest BCUT2D eigenvalue weighted by Crippen LogP contribution is 2.42. The Morgan fingerprint density at radius 2 is 2.18 bits per heavy atom. The lowest BCUT2D eigenvalue weighted by Crippen LogP contribution is -1.96. The van der Waals surface area contributed by atoms with E-state index in [1.54, 1.807) is 0 Å². The first-order chi connectivity index (χ1) is 8.04. The second-order valence-electron chi connectivity index (χ2n) is 3.13. The van der Waals surface area contributed by atoms with Crippen LogP contribution in [0.25, 0.3) is 11.4 Å². The van der Waals surface area contributed by atoms with Crippen molar-refractivity contribution in [2.24, 2.45) is 5.73 Å². The maximum Gasteiger partial charge on any atom is 0.240 e. The van der Waals surface area contributed by atoms with Crippen LogP contribution in [0.15, 0.2) is 15.1 Å². The molecule has 0 amide bonds. The Labute approximate surface area is 103 Å². The van der Waals surface area contributed by atoms with Crippen molar-refractivity contribution >= 4 is 15.9 Å². The first kappa shape index (κ1) is 11.8. The largest absolute Gasteiger partial charge is 0.504 e. The Bertz CT molecular complexity index is 547. The van der Waals surface area contributed by atoms with E-state index < -0.39 is 17.3 Å². The van der Waals surface area contributed by atoms with Crippen LogP contribution in [0.4, 0.5) is 4.39 Å². The number of aromatic nitrogens is 2. The van der Waals surface area contributed by atoms with Gasteiger partial charge in [0.05, 0.1) is 16.6 Å². The zero-order valence-corrected chi connectivity index (χ0v) is 9.90. The highest BCUT2D eigenvalue weighted by Gasteiger charge is 2.21. The van der Waals surface area contributed by atoms with Crippen molar-refractivity contribution in [2.45, 2.75) is 6.54 Å². The van der Waals surface area contributed by atoms with Crippen LogP contribution in [0, 0.1) is 5.82 Å². The summed E-state index contributed by atoms with van der Waals surface area (Å²) < 4.78 is 18.0. The van der Waals surface area contributed by atoms with Crippen molar-refractivity contribution in [3.8, 4) is 22.9 Å². The van der Waals surface area contributed by atoms with Crippen LogP contribution in [-0.2, 0) is 6.54 Å². The summed E-state index contributed by atoms with van der Waals surface area (Å²) in [6.07, 6.45) is 0. The van der Waals surface area contributed by atoms with Crippen LogP contribution in [0.2, 0.25) is 0 Å². The van der Waals surface area contributed by atoms with E-state index in [4.69, 9.17) is 10.3 Å². The molecule has 0 bridgehead atoms. The number of nitrogens with zero attached hydrogens (tertiary/aromatic N) is 2. The van der Waals surface area contributed by atoms with Crippen molar-refractivity contribution < 1.29 is 19.1 Å². The Morgan fingerprint density at radius 3 is 2.76 bits per heavy atom. The van der Waals surface area contributed by atoms with Crippen LogP contribution in [0.3, 0.4) is 0 Å². The summed E-state index contributed by atoms with van der Waals surface area (Å²) in [5, 5.41) is 22.5. The summed E-state index contributed by atoms with van der Waals surface area (Å²) in [6, 6.07) is 0.771. The van der Waals surface area contributed by atoms with Crippen molar-refractivity contribution in [3.63, 3.8) is 0 Å². The zero-order valence-electron chi connectivity index (χ0n) is 8.31. The van der Waals surface area contributed by atoms with Gasteiger partial charge in [0.15, 0.2) is 11.5 Å². The predicted octanol–water partition coefficient (Wildman–Crippen LogP) is 1.51. The van der Waals surface area contributed by atoms with Gasteiger partial charge in [0.25, 0.3) is 0 Å². The lowest BCUT2D eigenvalue weighted by Gasteiger charge is -2.05. The molecule has 90 valence electrons. The molecular formula is C9H7BrFN3O3. The second-order valence-corrected chi connectivity index (χ2v) is 3.92. The Morgan fingerprint density at radius 1 is 1.47 bits per heavy atom. The quantitative estimate of drug-likeness (QED) is 0.726. The molecule has 0 unspecified atom stereocenters. The number of rotatable bonds is 2. The zero-order chi connectivity index (χ0) is 12.6. The van der Waals surface area contributed by atoms with E-state index >= 15 is 0 Å². The summed E-state index contributed by atoms with van der Waals surface area (Å²) >= 11 is 2.93. The molecule has 1 aromatic carbocycles. The van der Waals surface area contributed by atoms with Gasteiger partial charge in [-0.05, 0) is 15.9 Å². The Hall–Kier alpha value is -1.67. The topological polar surface area (TPSA) is 105 Å². The Kier molecular flexibility index (Phi) is 2.99. The number of benzene rings is 1. The number of hydrogen-bond acceptors (Lipinski definition) is 6. The SMILES string of the molecule is NCc1nc(-c2c(O)c(O)cc(F)c2Br)no1. The minimum atomic E-state index is -0.755. The molecule has 8 heteroatoms. The fourth-order valence-corrected chi connectivity index (χ4v) is 1.73. The molecule has 0 aliphatic heterocycles. The molecule has 0 atom stereocenters. The predicted molar refractivity (Wildman–Crippen MR) is 58.6 cm³/mol. The van der Waals surface area contributed by atoms with Crippen LogP contribution >= 0.6 is 15.9 Å². The summed E-state index contributed by atoms with van der Waals surface area (Å²) in [7, 11) is 0. The molecule has 4 N–H and O–H groups in total. The highest BCUT2D eigenvalue weighted by molar-refractivity contribution is 9.10. The normalized spacial score (nSPS) is 10.8. The van der Waals surface area contributed by atoms with E-state index in [-0.39, 0.29) is 28.3 Å². The molecule has 0 fully saturated rings. The van der Waals surface area contributed by atoms with E-state index in [2.05, 4.69) is 26.1 Å². The molecule has 1 aromatic heterocycles. The maximum atomic E-state index is 13.4. The van der Waals surface area contributed by atoms with E-state index in [1.807, 2.05) is 0 Å². The van der Waals surface area contributed by atoms with Gasteiger partial charge in [0.2, 0.25) is 11.7 Å². The number of phenolic OH excluding ortho intramolecular Hbond substituents is 2. The smallest absolute Gasteiger partial charge is 0.240 e. The van der Waals surface area contributed by atoms with E-state index in [9.17, 15) is 14.6 Å². The van der Waals surface area contributed by atoms with E-state index in [0.717, 1.165) is 6.07 Å². The lowest BCUT2D eigenvalue weighted by atomic mass is 10.1. The van der Waals surface area contributed by atoms with Crippen molar-refractivity contribution in [3.05, 3.63) is 22.2 Å². The third-order valence-corrected chi connectivity index (χ3v) is 2.81. The van der Waals surface area contributed by atoms with Gasteiger partial charge in [-0.25, -0.2) is 4.39 Å². The lowest BCUT2D eigenvalue weighted by molar-refractivity contribution is 0.379. The summed E-state index contributed by atoms with van der Waals surface area (Å²) in [5.41, 5.74) is 5.19. The van der Waals surface area contributed by atoms with Gasteiger partial charge < -0.3 is 20.5 Å². The van der Waals surface area contributed by atoms with Gasteiger partial charge in [-0.15, -0.1) is 0 Å². The van der Waals surface area contributed by atoms with Crippen molar-refractivity contribution in [1.82, 2.24) is 10.1 Å². The standard InChI is InChI=1S/C9H7BrFN3O3/c10-7-3(11)1-4(15)8(16)6(7)9-13-5(2-12)17-14-9/h1,15-16H,2,12H2. The molecule has 0 aliphatic rings. The number of hydrogen-bond donors (Lipinski definition) is 3. The minimum absolute atomic E-state index is 0.0205. The first-order valence-electron chi connectivity index (χ1n) is 4.47. The maximum absolute atomic E-state index is 13.4. The first-order valence-corrected chi connectivity index (χ1v) is 5.26. The van der Waals surface area contributed by atoms with Crippen molar-refractivity contribution in [1.29, 1.82) is 0 Å². The van der Waals surface area contributed by atoms with Gasteiger partial charge in [-0.3, -0.25) is 0 Å². The van der Waals surface area contributed by atoms with Gasteiger partial charge in [0.1, 0.15) is 5.82 Å². The molecule has 17 heavy (non-hydrogen) atoms. The average molecular weight is 304 g/mol. The average Bonchev–Trinajstić information content (AvgIpc) is 2.75. The third kappa shape index (κ3) is 1.96. The molecule has 2 rings (SSSR count). The molecule has 1 heterocycles. The molecule has 0 aliphatic carbocycles. The number of aromatic hydroxyl groups is 2. The number of phenols is 2. The fraction of sp³-hybridized carbons (Fsp3) is 0.111. The summed E-state index contributed by atoms with van der Waals surface area (Å²) in [6.45, 7) is 0.0205. The van der Waals surface area contributed by atoms with Crippen LogP contribution in [0.5, 0.6) is 11.5 Å². The minimum Gasteiger partial charge on any atom is -0.504 e.